The Morgan fingerprint density at radius 3 is 0.944 bits per heavy atom. The summed E-state index contributed by atoms with van der Waals surface area (Å²) in [6.45, 7) is 6.48. The van der Waals surface area contributed by atoms with Gasteiger partial charge in [-0.3, -0.25) is 14.4 Å². The molecule has 408 valence electrons. The first kappa shape index (κ1) is 67.6. The number of hydrogen-bond acceptors (Lipinski definition) is 6. The maximum absolute atomic E-state index is 12.9. The number of allylic oxidation sites excluding steroid dienone is 14. The lowest BCUT2D eigenvalue weighted by Gasteiger charge is -2.18. The Bertz CT molecular complexity index is 1370. The molecule has 0 aromatic heterocycles. The molecule has 71 heavy (non-hydrogen) atoms. The van der Waals surface area contributed by atoms with Gasteiger partial charge in [0, 0.05) is 19.3 Å². The van der Waals surface area contributed by atoms with Crippen LogP contribution in [0.2, 0.25) is 0 Å². The molecule has 6 heteroatoms. The van der Waals surface area contributed by atoms with E-state index in [1.165, 1.54) is 167 Å². The number of ether oxygens (including phenoxy) is 3. The van der Waals surface area contributed by atoms with Gasteiger partial charge in [0.1, 0.15) is 13.2 Å². The summed E-state index contributed by atoms with van der Waals surface area (Å²) in [5, 5.41) is 0. The van der Waals surface area contributed by atoms with Crippen molar-refractivity contribution in [2.24, 2.45) is 0 Å². The molecule has 0 amide bonds. The monoisotopic (exact) mass is 989 g/mol. The molecule has 0 aliphatic rings. The molecule has 0 rings (SSSR count). The van der Waals surface area contributed by atoms with Crippen molar-refractivity contribution < 1.29 is 28.6 Å². The van der Waals surface area contributed by atoms with Gasteiger partial charge in [-0.2, -0.15) is 0 Å². The minimum Gasteiger partial charge on any atom is -0.462 e. The molecule has 0 heterocycles. The molecule has 6 nitrogen and oxygen atoms in total. The van der Waals surface area contributed by atoms with Gasteiger partial charge in [0.05, 0.1) is 0 Å². The van der Waals surface area contributed by atoms with Crippen molar-refractivity contribution in [1.82, 2.24) is 0 Å². The van der Waals surface area contributed by atoms with E-state index in [9.17, 15) is 14.4 Å². The maximum atomic E-state index is 12.9. The van der Waals surface area contributed by atoms with Gasteiger partial charge in [-0.1, -0.05) is 273 Å². The highest BCUT2D eigenvalue weighted by Crippen LogP contribution is 2.16. The van der Waals surface area contributed by atoms with E-state index < -0.39 is 6.10 Å². The van der Waals surface area contributed by atoms with E-state index in [4.69, 9.17) is 14.2 Å². The van der Waals surface area contributed by atoms with Crippen molar-refractivity contribution in [2.75, 3.05) is 13.2 Å². The van der Waals surface area contributed by atoms with Gasteiger partial charge in [0.15, 0.2) is 6.10 Å². The highest BCUT2D eigenvalue weighted by molar-refractivity contribution is 5.71. The van der Waals surface area contributed by atoms with Crippen molar-refractivity contribution >= 4 is 17.9 Å². The molecule has 0 saturated heterocycles. The number of rotatable bonds is 54. The van der Waals surface area contributed by atoms with Crippen LogP contribution in [0.5, 0.6) is 0 Å². The third-order valence-electron chi connectivity index (χ3n) is 12.9. The molecular weight excluding hydrogens is 877 g/mol. The molecule has 0 aliphatic carbocycles. The Kier molecular flexibility index (Phi) is 56.3. The SMILES string of the molecule is CC/C=C\C/C=C\C/C=C\C/C=C\C/C=C\C/C=C\CCC(=O)OC[C@H](COC(=O)CCCCCCCCCCCCCCCCC)OC(=O)CCCCCCCCCCC/C=C\CCCCCCCC. The maximum Gasteiger partial charge on any atom is 0.306 e. The van der Waals surface area contributed by atoms with Crippen LogP contribution in [-0.2, 0) is 28.6 Å². The molecule has 0 aromatic rings. The molecule has 0 aromatic carbocycles. The van der Waals surface area contributed by atoms with Gasteiger partial charge in [-0.25, -0.2) is 0 Å². The zero-order valence-corrected chi connectivity index (χ0v) is 46.7. The molecule has 0 radical (unpaired) electrons. The van der Waals surface area contributed by atoms with Crippen molar-refractivity contribution in [1.29, 1.82) is 0 Å². The number of unbranched alkanes of at least 4 members (excludes halogenated alkanes) is 29. The van der Waals surface area contributed by atoms with Crippen LogP contribution in [0.15, 0.2) is 85.1 Å². The van der Waals surface area contributed by atoms with Crippen LogP contribution >= 0.6 is 0 Å². The van der Waals surface area contributed by atoms with Gasteiger partial charge >= 0.3 is 17.9 Å². The first-order chi connectivity index (χ1) is 35.0. The Labute approximate surface area is 439 Å². The molecule has 0 fully saturated rings. The van der Waals surface area contributed by atoms with Crippen LogP contribution in [0.3, 0.4) is 0 Å². The molecule has 0 spiro atoms. The molecule has 0 aliphatic heterocycles. The molecule has 0 N–H and O–H groups in total. The zero-order chi connectivity index (χ0) is 51.4. The minimum atomic E-state index is -0.807. The fourth-order valence-corrected chi connectivity index (χ4v) is 8.41. The average Bonchev–Trinajstić information content (AvgIpc) is 3.37. The predicted molar refractivity (Wildman–Crippen MR) is 307 cm³/mol. The van der Waals surface area contributed by atoms with Crippen LogP contribution in [-0.4, -0.2) is 37.2 Å². The van der Waals surface area contributed by atoms with Crippen molar-refractivity contribution in [2.45, 2.75) is 297 Å². The number of carbonyl (C=O) groups excluding carboxylic acids is 3. The van der Waals surface area contributed by atoms with E-state index in [0.29, 0.717) is 19.3 Å². The molecule has 1 atom stereocenters. The summed E-state index contributed by atoms with van der Waals surface area (Å²) in [5.74, 6) is -0.978. The van der Waals surface area contributed by atoms with E-state index in [2.05, 4.69) is 99.8 Å². The Balaban J connectivity index is 4.47. The second-order valence-electron chi connectivity index (χ2n) is 19.9. The van der Waals surface area contributed by atoms with E-state index in [-0.39, 0.29) is 37.5 Å². The third-order valence-corrected chi connectivity index (χ3v) is 12.9. The minimum absolute atomic E-state index is 0.0980. The van der Waals surface area contributed by atoms with Crippen molar-refractivity contribution in [3.05, 3.63) is 85.1 Å². The lowest BCUT2D eigenvalue weighted by molar-refractivity contribution is -0.166. The quantitative estimate of drug-likeness (QED) is 0.0261. The lowest BCUT2D eigenvalue weighted by Crippen LogP contribution is -2.30. The molecular formula is C65H112O6. The second kappa shape index (κ2) is 59.2. The van der Waals surface area contributed by atoms with Gasteiger partial charge in [-0.15, -0.1) is 0 Å². The zero-order valence-electron chi connectivity index (χ0n) is 46.7. The normalized spacial score (nSPS) is 12.7. The first-order valence-electron chi connectivity index (χ1n) is 30.1. The molecule has 0 unspecified atom stereocenters. The summed E-state index contributed by atoms with van der Waals surface area (Å²) >= 11 is 0. The number of hydrogen-bond donors (Lipinski definition) is 0. The van der Waals surface area contributed by atoms with E-state index in [1.54, 1.807) is 0 Å². The van der Waals surface area contributed by atoms with E-state index >= 15 is 0 Å². The smallest absolute Gasteiger partial charge is 0.306 e. The van der Waals surface area contributed by atoms with Crippen LogP contribution in [0.1, 0.15) is 290 Å². The van der Waals surface area contributed by atoms with Crippen LogP contribution in [0.25, 0.3) is 0 Å². The highest BCUT2D eigenvalue weighted by Gasteiger charge is 2.19. The summed E-state index contributed by atoms with van der Waals surface area (Å²) in [5.41, 5.74) is 0. The van der Waals surface area contributed by atoms with Crippen LogP contribution < -0.4 is 0 Å². The lowest BCUT2D eigenvalue weighted by atomic mass is 10.0. The van der Waals surface area contributed by atoms with Crippen molar-refractivity contribution in [3.8, 4) is 0 Å². The van der Waals surface area contributed by atoms with Gasteiger partial charge in [0.2, 0.25) is 0 Å². The second-order valence-corrected chi connectivity index (χ2v) is 19.9. The number of carbonyl (C=O) groups is 3. The summed E-state index contributed by atoms with van der Waals surface area (Å²) in [4.78, 5) is 38.2. The Hall–Kier alpha value is -3.41. The first-order valence-corrected chi connectivity index (χ1v) is 30.1. The van der Waals surface area contributed by atoms with E-state index in [0.717, 1.165) is 77.0 Å². The highest BCUT2D eigenvalue weighted by atomic mass is 16.6. The van der Waals surface area contributed by atoms with Crippen LogP contribution in [0.4, 0.5) is 0 Å². The molecule has 0 saturated carbocycles. The topological polar surface area (TPSA) is 78.9 Å². The Morgan fingerprint density at radius 2 is 0.577 bits per heavy atom. The summed E-state index contributed by atoms with van der Waals surface area (Å²) in [7, 11) is 0. The average molecular weight is 990 g/mol. The fourth-order valence-electron chi connectivity index (χ4n) is 8.41. The Morgan fingerprint density at radius 1 is 0.296 bits per heavy atom. The summed E-state index contributed by atoms with van der Waals surface area (Å²) < 4.78 is 16.8. The van der Waals surface area contributed by atoms with Gasteiger partial charge < -0.3 is 14.2 Å². The van der Waals surface area contributed by atoms with Gasteiger partial charge in [-0.05, 0) is 83.5 Å². The van der Waals surface area contributed by atoms with Gasteiger partial charge in [0.25, 0.3) is 0 Å². The summed E-state index contributed by atoms with van der Waals surface area (Å²) in [6, 6.07) is 0. The van der Waals surface area contributed by atoms with Crippen LogP contribution in [0, 0.1) is 0 Å². The predicted octanol–water partition coefficient (Wildman–Crippen LogP) is 20.3. The number of esters is 3. The standard InChI is InChI=1S/C65H112O6/c1-4-7-10-13-16-19-22-25-28-30-32-34-37-40-43-46-49-52-55-58-64(67)70-61-62(60-69-63(66)57-54-51-48-45-42-39-36-27-24-21-18-15-12-9-6-3)71-65(68)59-56-53-50-47-44-41-38-35-33-31-29-26-23-20-17-14-11-8-5-2/h7,10,16,19,25-26,28-29,32,34,40,43,49,52,62H,4-6,8-9,11-15,17-18,20-24,27,30-31,33,35-39,41-42,44-48,50-51,53-61H2,1-3H3/b10-7-,19-16-,28-25-,29-26-,34-32-,43-40-,52-49-/t62-/m0/s1. The van der Waals surface area contributed by atoms with E-state index in [1.807, 2.05) is 6.08 Å². The van der Waals surface area contributed by atoms with Crippen molar-refractivity contribution in [3.63, 3.8) is 0 Å². The third kappa shape index (κ3) is 57.4. The fraction of sp³-hybridized carbons (Fsp3) is 0.738. The molecule has 0 bridgehead atoms. The summed E-state index contributed by atoms with van der Waals surface area (Å²) in [6.07, 6.45) is 77.3. The largest absolute Gasteiger partial charge is 0.462 e.